The molecule has 1 aromatic heterocycles. The minimum absolute atomic E-state index is 0.101. The third-order valence-electron chi connectivity index (χ3n) is 2.27. The van der Waals surface area contributed by atoms with Crippen LogP contribution in [0.25, 0.3) is 0 Å². The number of pyridine rings is 1. The zero-order chi connectivity index (χ0) is 11.3. The molecule has 1 amide bonds. The van der Waals surface area contributed by atoms with Crippen molar-refractivity contribution in [2.45, 2.75) is 32.4 Å². The molecule has 0 aliphatic heterocycles. The molecule has 0 radical (unpaired) electrons. The molecule has 0 saturated heterocycles. The number of nitrogens with two attached hydrogens (primary N) is 1. The van der Waals surface area contributed by atoms with E-state index < -0.39 is 6.04 Å². The van der Waals surface area contributed by atoms with Crippen molar-refractivity contribution in [3.63, 3.8) is 0 Å². The van der Waals surface area contributed by atoms with E-state index in [1.165, 1.54) is 0 Å². The molecule has 2 atom stereocenters. The van der Waals surface area contributed by atoms with Gasteiger partial charge in [0.25, 0.3) is 0 Å². The van der Waals surface area contributed by atoms with Gasteiger partial charge in [0.05, 0.1) is 17.8 Å². The summed E-state index contributed by atoms with van der Waals surface area (Å²) in [6, 6.07) is 5.08. The predicted octanol–water partition coefficient (Wildman–Crippen LogP) is 0.996. The molecule has 15 heavy (non-hydrogen) atoms. The number of aromatic nitrogens is 1. The molecule has 0 aliphatic carbocycles. The summed E-state index contributed by atoms with van der Waals surface area (Å²) in [6.07, 6.45) is 2.35. The quantitative estimate of drug-likeness (QED) is 0.773. The van der Waals surface area contributed by atoms with Gasteiger partial charge in [0.2, 0.25) is 5.91 Å². The van der Waals surface area contributed by atoms with Gasteiger partial charge in [-0.15, -0.1) is 0 Å². The van der Waals surface area contributed by atoms with E-state index >= 15 is 0 Å². The maximum Gasteiger partial charge on any atom is 0.237 e. The van der Waals surface area contributed by atoms with E-state index in [1.807, 2.05) is 32.0 Å². The third kappa shape index (κ3) is 3.32. The average Bonchev–Trinajstić information content (AvgIpc) is 2.29. The van der Waals surface area contributed by atoms with Crippen molar-refractivity contribution in [2.75, 3.05) is 0 Å². The normalized spacial score (nSPS) is 14.3. The Morgan fingerprint density at radius 2 is 2.33 bits per heavy atom. The summed E-state index contributed by atoms with van der Waals surface area (Å²) in [5.74, 6) is -0.129. The van der Waals surface area contributed by atoms with Gasteiger partial charge >= 0.3 is 0 Å². The molecule has 1 rings (SSSR count). The Morgan fingerprint density at radius 1 is 1.60 bits per heavy atom. The van der Waals surface area contributed by atoms with Crippen LogP contribution in [0, 0.1) is 0 Å². The van der Waals surface area contributed by atoms with E-state index in [2.05, 4.69) is 10.3 Å². The molecule has 1 heterocycles. The maximum atomic E-state index is 11.5. The monoisotopic (exact) mass is 207 g/mol. The highest BCUT2D eigenvalue weighted by Crippen LogP contribution is 2.07. The standard InChI is InChI=1S/C11H17N3O/c1-3-9(12)11(15)14-8(2)10-6-4-5-7-13-10/h4-9H,3,12H2,1-2H3,(H,14,15)/t8-,9?/m0/s1. The van der Waals surface area contributed by atoms with Gasteiger partial charge in [-0.3, -0.25) is 9.78 Å². The molecule has 0 bridgehead atoms. The Morgan fingerprint density at radius 3 is 2.87 bits per heavy atom. The summed E-state index contributed by atoms with van der Waals surface area (Å²) in [6.45, 7) is 3.78. The van der Waals surface area contributed by atoms with E-state index in [9.17, 15) is 4.79 Å². The minimum Gasteiger partial charge on any atom is -0.347 e. The van der Waals surface area contributed by atoms with Crippen LogP contribution in [0.4, 0.5) is 0 Å². The molecule has 3 N–H and O–H groups in total. The Kier molecular flexibility index (Phi) is 4.24. The van der Waals surface area contributed by atoms with E-state index in [0.717, 1.165) is 5.69 Å². The second kappa shape index (κ2) is 5.46. The lowest BCUT2D eigenvalue weighted by atomic mass is 10.2. The second-order valence-electron chi connectivity index (χ2n) is 3.50. The molecule has 0 aromatic carbocycles. The van der Waals surface area contributed by atoms with Gasteiger partial charge in [0, 0.05) is 6.20 Å². The van der Waals surface area contributed by atoms with E-state index in [4.69, 9.17) is 5.73 Å². The van der Waals surface area contributed by atoms with Crippen molar-refractivity contribution in [1.29, 1.82) is 0 Å². The Hall–Kier alpha value is -1.42. The number of carbonyl (C=O) groups excluding carboxylic acids is 1. The highest BCUT2D eigenvalue weighted by Gasteiger charge is 2.14. The molecule has 0 spiro atoms. The molecular weight excluding hydrogens is 190 g/mol. The fourth-order valence-electron chi connectivity index (χ4n) is 1.21. The number of nitrogens with zero attached hydrogens (tertiary/aromatic N) is 1. The highest BCUT2D eigenvalue weighted by atomic mass is 16.2. The summed E-state index contributed by atoms with van der Waals surface area (Å²) in [4.78, 5) is 15.7. The van der Waals surface area contributed by atoms with Gasteiger partial charge in [-0.25, -0.2) is 0 Å². The number of carbonyl (C=O) groups is 1. The molecule has 0 aliphatic rings. The Labute approximate surface area is 89.9 Å². The first-order valence-electron chi connectivity index (χ1n) is 5.12. The molecule has 4 heteroatoms. The van der Waals surface area contributed by atoms with Gasteiger partial charge in [0.15, 0.2) is 0 Å². The molecule has 82 valence electrons. The number of hydrogen-bond donors (Lipinski definition) is 2. The van der Waals surface area contributed by atoms with Crippen LogP contribution in [0.3, 0.4) is 0 Å². The highest BCUT2D eigenvalue weighted by molar-refractivity contribution is 5.81. The van der Waals surface area contributed by atoms with Crippen LogP contribution in [0.2, 0.25) is 0 Å². The molecule has 0 saturated carbocycles. The predicted molar refractivity (Wildman–Crippen MR) is 59.1 cm³/mol. The molecule has 1 aromatic rings. The van der Waals surface area contributed by atoms with Crippen LogP contribution < -0.4 is 11.1 Å². The van der Waals surface area contributed by atoms with Crippen molar-refractivity contribution in [3.8, 4) is 0 Å². The SMILES string of the molecule is CCC(N)C(=O)N[C@@H](C)c1ccccn1. The van der Waals surface area contributed by atoms with Crippen molar-refractivity contribution < 1.29 is 4.79 Å². The first kappa shape index (κ1) is 11.7. The third-order valence-corrected chi connectivity index (χ3v) is 2.27. The van der Waals surface area contributed by atoms with Crippen molar-refractivity contribution in [3.05, 3.63) is 30.1 Å². The first-order valence-corrected chi connectivity index (χ1v) is 5.12. The summed E-state index contributed by atoms with van der Waals surface area (Å²) in [7, 11) is 0. The van der Waals surface area contributed by atoms with Crippen molar-refractivity contribution >= 4 is 5.91 Å². The van der Waals surface area contributed by atoms with E-state index in [1.54, 1.807) is 6.20 Å². The topological polar surface area (TPSA) is 68.0 Å². The smallest absolute Gasteiger partial charge is 0.237 e. The Balaban J connectivity index is 2.56. The zero-order valence-corrected chi connectivity index (χ0v) is 9.10. The van der Waals surface area contributed by atoms with Gasteiger partial charge in [0.1, 0.15) is 0 Å². The van der Waals surface area contributed by atoms with Crippen LogP contribution in [0.15, 0.2) is 24.4 Å². The summed E-state index contributed by atoms with van der Waals surface area (Å²) in [5.41, 5.74) is 6.45. The summed E-state index contributed by atoms with van der Waals surface area (Å²) in [5, 5.41) is 2.82. The van der Waals surface area contributed by atoms with Crippen LogP contribution in [-0.2, 0) is 4.79 Å². The van der Waals surface area contributed by atoms with Crippen molar-refractivity contribution in [2.24, 2.45) is 5.73 Å². The average molecular weight is 207 g/mol. The molecule has 1 unspecified atom stereocenters. The number of rotatable bonds is 4. The fourth-order valence-corrected chi connectivity index (χ4v) is 1.21. The minimum atomic E-state index is -0.434. The molecule has 4 nitrogen and oxygen atoms in total. The van der Waals surface area contributed by atoms with Crippen LogP contribution >= 0.6 is 0 Å². The molecule has 0 fully saturated rings. The van der Waals surface area contributed by atoms with Gasteiger partial charge in [-0.05, 0) is 25.5 Å². The second-order valence-corrected chi connectivity index (χ2v) is 3.50. The summed E-state index contributed by atoms with van der Waals surface area (Å²) < 4.78 is 0. The van der Waals surface area contributed by atoms with Gasteiger partial charge in [-0.2, -0.15) is 0 Å². The molecular formula is C11H17N3O. The lowest BCUT2D eigenvalue weighted by Crippen LogP contribution is -2.41. The number of amides is 1. The summed E-state index contributed by atoms with van der Waals surface area (Å²) >= 11 is 0. The van der Waals surface area contributed by atoms with Crippen molar-refractivity contribution in [1.82, 2.24) is 10.3 Å². The maximum absolute atomic E-state index is 11.5. The van der Waals surface area contributed by atoms with Gasteiger partial charge < -0.3 is 11.1 Å². The number of hydrogen-bond acceptors (Lipinski definition) is 3. The number of nitrogens with one attached hydrogen (secondary N) is 1. The van der Waals surface area contributed by atoms with E-state index in [-0.39, 0.29) is 11.9 Å². The first-order chi connectivity index (χ1) is 7.15. The van der Waals surface area contributed by atoms with Crippen LogP contribution in [0.1, 0.15) is 32.0 Å². The largest absolute Gasteiger partial charge is 0.347 e. The Bertz CT molecular complexity index is 313. The fraction of sp³-hybridized carbons (Fsp3) is 0.455. The van der Waals surface area contributed by atoms with E-state index in [0.29, 0.717) is 6.42 Å². The lowest BCUT2D eigenvalue weighted by molar-refractivity contribution is -0.123. The van der Waals surface area contributed by atoms with Crippen LogP contribution in [0.5, 0.6) is 0 Å². The lowest BCUT2D eigenvalue weighted by Gasteiger charge is -2.15. The van der Waals surface area contributed by atoms with Gasteiger partial charge in [-0.1, -0.05) is 13.0 Å². The zero-order valence-electron chi connectivity index (χ0n) is 9.10. The van der Waals surface area contributed by atoms with Crippen LogP contribution in [-0.4, -0.2) is 16.9 Å².